The molecule has 0 aromatic carbocycles. The Labute approximate surface area is 84.0 Å². The molecule has 0 atom stereocenters. The molecule has 0 saturated carbocycles. The lowest BCUT2D eigenvalue weighted by Gasteiger charge is -2.06. The number of hydrogen-bond acceptors (Lipinski definition) is 3. The molecule has 3 nitrogen and oxygen atoms in total. The van der Waals surface area contributed by atoms with Crippen LogP contribution >= 0.6 is 8.55 Å². The third-order valence-electron chi connectivity index (χ3n) is 1.20. The first-order valence-corrected chi connectivity index (χ1v) is 6.13. The second kappa shape index (κ2) is 10.4. The predicted octanol–water partition coefficient (Wildman–Crippen LogP) is 3.23. The van der Waals surface area contributed by atoms with Crippen molar-refractivity contribution < 1.29 is 13.6 Å². The molecule has 0 heterocycles. The minimum absolute atomic E-state index is 0.532. The molecule has 0 rings (SSSR count). The molecular weight excluding hydrogens is 187 g/mol. The first kappa shape index (κ1) is 11.4. The molecule has 0 aliphatic rings. The molecule has 0 aromatic heterocycles. The van der Waals surface area contributed by atoms with Gasteiger partial charge in [-0.2, -0.15) is 13.6 Å². The maximum Gasteiger partial charge on any atom is 0.397 e. The third kappa shape index (κ3) is 8.63. The minimum Gasteiger partial charge on any atom is -0.180 e. The van der Waals surface area contributed by atoms with Crippen LogP contribution in [0.25, 0.3) is 0 Å². The van der Waals surface area contributed by atoms with Gasteiger partial charge in [-0.25, -0.2) is 0 Å². The highest BCUT2D eigenvalue weighted by Gasteiger charge is 2.18. The van der Waals surface area contributed by atoms with Crippen molar-refractivity contribution in [3.05, 3.63) is 0 Å². The largest absolute Gasteiger partial charge is 0.397 e. The van der Waals surface area contributed by atoms with E-state index < -0.39 is 8.55 Å². The zero-order valence-corrected chi connectivity index (χ0v) is 9.81. The van der Waals surface area contributed by atoms with Gasteiger partial charge in [-0.1, -0.05) is 20.8 Å². The molecule has 80 valence electrons. The van der Waals surface area contributed by atoms with E-state index in [0.29, 0.717) is 19.8 Å². The van der Waals surface area contributed by atoms with Crippen molar-refractivity contribution >= 4 is 8.55 Å². The number of rotatable bonds is 9. The average molecular weight is 211 g/mol. The Kier molecular flexibility index (Phi) is 9.10. The lowest BCUT2D eigenvalue weighted by atomic mass is 10.5. The summed E-state index contributed by atoms with van der Waals surface area (Å²) in [5.74, 6) is 0. The van der Waals surface area contributed by atoms with Crippen molar-refractivity contribution in [2.45, 2.75) is 40.0 Å². The fraction of sp³-hybridized carbons (Fsp3) is 1.00. The second-order valence-corrected chi connectivity index (χ2v) is 3.95. The van der Waals surface area contributed by atoms with Crippen LogP contribution in [0.4, 0.5) is 0 Å². The first-order chi connectivity index (χ1) is 6.68. The summed E-state index contributed by atoms with van der Waals surface area (Å²) < 4.78 is 23.8. The summed E-state index contributed by atoms with van der Waals surface area (Å²) in [6, 6.07) is 0. The van der Waals surface area contributed by atoms with Crippen molar-refractivity contribution in [1.29, 1.82) is 1.28 Å². The van der Waals surface area contributed by atoms with Crippen molar-refractivity contribution in [3.8, 4) is 0 Å². The van der Waals surface area contributed by atoms with Crippen LogP contribution in [-0.2, 0) is 13.6 Å². The Bertz CT molecular complexity index is 113. The third-order valence-corrected chi connectivity index (χ3v) is 2.38. The Hall–Kier alpha value is 0.310. The average Bonchev–Trinajstić information content (AvgIpc) is 2.21. The highest BCUT2D eigenvalue weighted by Crippen LogP contribution is 2.39. The van der Waals surface area contributed by atoms with Gasteiger partial charge >= 0.3 is 9.83 Å². The first-order valence-electron chi connectivity index (χ1n) is 5.48. The van der Waals surface area contributed by atoms with Gasteiger partial charge in [-0.05, 0) is 19.3 Å². The Morgan fingerprint density at radius 1 is 0.846 bits per heavy atom. The van der Waals surface area contributed by atoms with Crippen molar-refractivity contribution in [1.82, 2.24) is 0 Å². The van der Waals surface area contributed by atoms with Crippen LogP contribution in [0, 0.1) is 0 Å². The Morgan fingerprint density at radius 3 is 1.38 bits per heavy atom. The molecule has 13 heavy (non-hydrogen) atoms. The normalized spacial score (nSPS) is 13.0. The van der Waals surface area contributed by atoms with E-state index >= 15 is 0 Å². The van der Waals surface area contributed by atoms with E-state index in [0.717, 1.165) is 19.3 Å². The Morgan fingerprint density at radius 2 is 1.15 bits per heavy atom. The van der Waals surface area contributed by atoms with Crippen molar-refractivity contribution in [2.24, 2.45) is 0 Å². The summed E-state index contributed by atoms with van der Waals surface area (Å²) in [6.45, 7) is 7.61. The van der Waals surface area contributed by atoms with Gasteiger partial charge in [0.15, 0.2) is 0 Å². The molecular formula is C9H22O3P+. The fourth-order valence-corrected chi connectivity index (χ4v) is 1.83. The van der Waals surface area contributed by atoms with Gasteiger partial charge in [0.25, 0.3) is 0 Å². The molecule has 0 aliphatic heterocycles. The van der Waals surface area contributed by atoms with E-state index in [-0.39, 0.29) is 0 Å². The maximum absolute atomic E-state index is 7.87. The molecule has 0 amide bonds. The highest BCUT2D eigenvalue weighted by atomic mass is 31.2. The van der Waals surface area contributed by atoms with Gasteiger partial charge in [0, 0.05) is 0 Å². The topological polar surface area (TPSA) is 27.7 Å². The quantitative estimate of drug-likeness (QED) is 0.548. The molecule has 0 aromatic rings. The van der Waals surface area contributed by atoms with E-state index in [2.05, 4.69) is 0 Å². The summed E-state index contributed by atoms with van der Waals surface area (Å²) in [6.07, 6.45) is 2.64. The van der Waals surface area contributed by atoms with Crippen molar-refractivity contribution in [2.75, 3.05) is 19.8 Å². The monoisotopic (exact) mass is 211 g/mol. The van der Waals surface area contributed by atoms with Crippen LogP contribution in [0.2, 0.25) is 0 Å². The smallest absolute Gasteiger partial charge is 0.180 e. The predicted molar refractivity (Wildman–Crippen MR) is 57.0 cm³/mol. The lowest BCUT2D eigenvalue weighted by Crippen LogP contribution is -1.98. The molecule has 0 aliphatic carbocycles. The van der Waals surface area contributed by atoms with E-state index in [9.17, 15) is 0 Å². The van der Waals surface area contributed by atoms with Crippen LogP contribution in [0.3, 0.4) is 0 Å². The molecule has 0 unspecified atom stereocenters. The van der Waals surface area contributed by atoms with Gasteiger partial charge < -0.3 is 0 Å². The zero-order chi connectivity index (χ0) is 10.9. The summed E-state index contributed by atoms with van der Waals surface area (Å²) in [5, 5.41) is 0. The van der Waals surface area contributed by atoms with Crippen LogP contribution in [0.5, 0.6) is 0 Å². The molecule has 0 saturated heterocycles. The van der Waals surface area contributed by atoms with Crippen LogP contribution in [0.1, 0.15) is 40.0 Å². The lowest BCUT2D eigenvalue weighted by molar-refractivity contribution is 0.160. The van der Waals surface area contributed by atoms with Crippen molar-refractivity contribution in [3.63, 3.8) is 0 Å². The maximum atomic E-state index is 7.87. The molecule has 0 bridgehead atoms. The molecule has 0 fully saturated rings. The summed E-state index contributed by atoms with van der Waals surface area (Å²) in [5.41, 5.74) is 0. The minimum atomic E-state index is -2.77. The highest BCUT2D eigenvalue weighted by molar-refractivity contribution is 7.41. The summed E-state index contributed by atoms with van der Waals surface area (Å²) >= 11 is 0. The van der Waals surface area contributed by atoms with Gasteiger partial charge in [-0.3, -0.25) is 0 Å². The van der Waals surface area contributed by atoms with E-state index in [1.807, 2.05) is 20.8 Å². The molecule has 0 N–H and O–H groups in total. The van der Waals surface area contributed by atoms with E-state index in [1.165, 1.54) is 0 Å². The standard InChI is InChI=1S/C9H22O3P/c1-4-7-10-13(11-8-5-2)12-9-6-3/h13H,4-9H2,1-3H3/q+1/i13T. The molecule has 0 radical (unpaired) electrons. The summed E-state index contributed by atoms with van der Waals surface area (Å²) in [7, 11) is -2.77. The van der Waals surface area contributed by atoms with Gasteiger partial charge in [0.2, 0.25) is 0 Å². The van der Waals surface area contributed by atoms with E-state index in [4.69, 9.17) is 14.8 Å². The Balaban J connectivity index is 3.89. The van der Waals surface area contributed by atoms with Crippen LogP contribution < -0.4 is 0 Å². The molecule has 0 spiro atoms. The van der Waals surface area contributed by atoms with Crippen LogP contribution in [0.15, 0.2) is 0 Å². The van der Waals surface area contributed by atoms with E-state index in [1.54, 1.807) is 0 Å². The SMILES string of the molecule is [3H][P+](OCCC)(OCCC)OCCC. The zero-order valence-electron chi connectivity index (χ0n) is 9.91. The van der Waals surface area contributed by atoms with Crippen LogP contribution in [-0.4, -0.2) is 21.1 Å². The van der Waals surface area contributed by atoms with Gasteiger partial charge in [-0.15, -0.1) is 0 Å². The second-order valence-electron chi connectivity index (χ2n) is 2.72. The molecule has 4 heteroatoms. The van der Waals surface area contributed by atoms with Gasteiger partial charge in [0.1, 0.15) is 0 Å². The number of hydrogen-bond donors (Lipinski definition) is 0. The summed E-state index contributed by atoms with van der Waals surface area (Å²) in [4.78, 5) is 0. The fourth-order valence-electron chi connectivity index (χ4n) is 0.609. The van der Waals surface area contributed by atoms with Gasteiger partial charge in [0.05, 0.1) is 19.8 Å².